The fourth-order valence-corrected chi connectivity index (χ4v) is 4.51. The molecule has 1 atom stereocenters. The van der Waals surface area contributed by atoms with Gasteiger partial charge in [0.15, 0.2) is 0 Å². The van der Waals surface area contributed by atoms with Crippen molar-refractivity contribution >= 4 is 27.5 Å². The van der Waals surface area contributed by atoms with E-state index in [1.807, 2.05) is 18.2 Å². The average molecular weight is 416 g/mol. The van der Waals surface area contributed by atoms with Crippen molar-refractivity contribution in [1.29, 1.82) is 0 Å². The molecule has 7 nitrogen and oxygen atoms in total. The molecule has 0 saturated carbocycles. The molecule has 8 heteroatoms. The van der Waals surface area contributed by atoms with E-state index in [0.29, 0.717) is 5.69 Å². The lowest BCUT2D eigenvalue weighted by Gasteiger charge is -2.26. The molecule has 3 N–H and O–H groups in total. The zero-order valence-corrected chi connectivity index (χ0v) is 17.1. The van der Waals surface area contributed by atoms with Crippen molar-refractivity contribution in [1.82, 2.24) is 10.0 Å². The molecule has 1 aliphatic rings. The molecule has 0 saturated heterocycles. The third-order valence-electron chi connectivity index (χ3n) is 4.83. The van der Waals surface area contributed by atoms with Crippen molar-refractivity contribution in [3.05, 3.63) is 59.7 Å². The molecule has 29 heavy (non-hydrogen) atoms. The fraction of sp³-hybridized carbons (Fsp3) is 0.333. The predicted octanol–water partition coefficient (Wildman–Crippen LogP) is 2.51. The minimum absolute atomic E-state index is 0.00990. The van der Waals surface area contributed by atoms with Gasteiger partial charge in [-0.1, -0.05) is 24.3 Å². The predicted molar refractivity (Wildman–Crippen MR) is 111 cm³/mol. The van der Waals surface area contributed by atoms with Crippen LogP contribution in [-0.4, -0.2) is 26.8 Å². The number of amides is 2. The van der Waals surface area contributed by atoms with Crippen LogP contribution in [0.1, 0.15) is 43.4 Å². The number of hydrogen-bond donors (Lipinski definition) is 3. The van der Waals surface area contributed by atoms with Crippen molar-refractivity contribution in [2.75, 3.05) is 11.9 Å². The first-order chi connectivity index (χ1) is 13.8. The largest absolute Gasteiger partial charge is 0.349 e. The van der Waals surface area contributed by atoms with E-state index in [9.17, 15) is 18.0 Å². The number of nitrogens with one attached hydrogen (secondary N) is 3. The first kappa shape index (κ1) is 21.0. The second-order valence-corrected chi connectivity index (χ2v) is 8.83. The number of carbonyl (C=O) groups excluding carboxylic acids is 2. The van der Waals surface area contributed by atoms with Gasteiger partial charge in [0, 0.05) is 25.6 Å². The summed E-state index contributed by atoms with van der Waals surface area (Å²) in [6.07, 6.45) is 2.98. The Balaban J connectivity index is 1.51. The first-order valence-corrected chi connectivity index (χ1v) is 11.1. The van der Waals surface area contributed by atoms with Gasteiger partial charge in [-0.25, -0.2) is 13.1 Å². The Kier molecular flexibility index (Phi) is 6.66. The van der Waals surface area contributed by atoms with Crippen LogP contribution in [0.25, 0.3) is 0 Å². The zero-order chi connectivity index (χ0) is 20.9. The Bertz CT molecular complexity index is 987. The van der Waals surface area contributed by atoms with Crippen LogP contribution in [-0.2, 0) is 26.0 Å². The molecule has 0 bridgehead atoms. The van der Waals surface area contributed by atoms with E-state index in [-0.39, 0.29) is 35.7 Å². The number of anilines is 1. The monoisotopic (exact) mass is 415 g/mol. The van der Waals surface area contributed by atoms with E-state index in [2.05, 4.69) is 21.4 Å². The van der Waals surface area contributed by atoms with E-state index in [1.165, 1.54) is 36.8 Å². The lowest BCUT2D eigenvalue weighted by Crippen LogP contribution is -2.34. The van der Waals surface area contributed by atoms with Gasteiger partial charge in [-0.3, -0.25) is 9.59 Å². The van der Waals surface area contributed by atoms with Gasteiger partial charge < -0.3 is 10.6 Å². The van der Waals surface area contributed by atoms with Crippen LogP contribution in [0.15, 0.2) is 53.4 Å². The Morgan fingerprint density at radius 2 is 1.79 bits per heavy atom. The van der Waals surface area contributed by atoms with Crippen molar-refractivity contribution in [2.45, 2.75) is 43.5 Å². The molecule has 0 radical (unpaired) electrons. The third kappa shape index (κ3) is 5.65. The highest BCUT2D eigenvalue weighted by Crippen LogP contribution is 2.29. The van der Waals surface area contributed by atoms with Crippen LogP contribution in [0.4, 0.5) is 5.69 Å². The average Bonchev–Trinajstić information content (AvgIpc) is 2.68. The summed E-state index contributed by atoms with van der Waals surface area (Å²) in [4.78, 5) is 23.4. The summed E-state index contributed by atoms with van der Waals surface area (Å²) in [5.74, 6) is -0.416. The van der Waals surface area contributed by atoms with Crippen LogP contribution < -0.4 is 15.4 Å². The molecule has 0 aliphatic heterocycles. The number of hydrogen-bond acceptors (Lipinski definition) is 4. The van der Waals surface area contributed by atoms with Crippen LogP contribution >= 0.6 is 0 Å². The smallest absolute Gasteiger partial charge is 0.240 e. The Labute approximate surface area is 171 Å². The molecule has 154 valence electrons. The Morgan fingerprint density at radius 3 is 2.52 bits per heavy atom. The number of benzene rings is 2. The topological polar surface area (TPSA) is 104 Å². The maximum atomic E-state index is 12.4. The standard InChI is InChI=1S/C21H25N3O4S/c1-15(25)23-17-9-11-18(12-10-17)29(27,28)22-14-13-21(26)24-20-8-4-6-16-5-2-3-7-19(16)20/h2-3,5,7,9-12,20,22H,4,6,8,13-14H2,1H3,(H,23,25)(H,24,26). The molecular formula is C21H25N3O4S. The van der Waals surface area contributed by atoms with Gasteiger partial charge in [0.2, 0.25) is 21.8 Å². The SMILES string of the molecule is CC(=O)Nc1ccc(S(=O)(=O)NCCC(=O)NC2CCCc3ccccc32)cc1. The van der Waals surface area contributed by atoms with E-state index < -0.39 is 10.0 Å². The van der Waals surface area contributed by atoms with E-state index >= 15 is 0 Å². The molecule has 2 aromatic rings. The van der Waals surface area contributed by atoms with Gasteiger partial charge in [-0.05, 0) is 54.7 Å². The quantitative estimate of drug-likeness (QED) is 0.646. The van der Waals surface area contributed by atoms with Crippen molar-refractivity contribution in [3.63, 3.8) is 0 Å². The molecule has 1 aliphatic carbocycles. The molecular weight excluding hydrogens is 390 g/mol. The molecule has 3 rings (SSSR count). The van der Waals surface area contributed by atoms with Crippen molar-refractivity contribution in [2.24, 2.45) is 0 Å². The molecule has 2 aromatic carbocycles. The molecule has 2 amide bonds. The van der Waals surface area contributed by atoms with Gasteiger partial charge in [0.25, 0.3) is 0 Å². The summed E-state index contributed by atoms with van der Waals surface area (Å²) < 4.78 is 27.2. The van der Waals surface area contributed by atoms with Crippen LogP contribution in [0.2, 0.25) is 0 Å². The minimum Gasteiger partial charge on any atom is -0.349 e. The summed E-state index contributed by atoms with van der Waals surface area (Å²) in [7, 11) is -3.73. The first-order valence-electron chi connectivity index (χ1n) is 9.59. The number of rotatable bonds is 7. The molecule has 0 spiro atoms. The highest BCUT2D eigenvalue weighted by Gasteiger charge is 2.21. The van der Waals surface area contributed by atoms with Gasteiger partial charge in [0.05, 0.1) is 10.9 Å². The van der Waals surface area contributed by atoms with Gasteiger partial charge in [-0.2, -0.15) is 0 Å². The molecule has 0 heterocycles. The highest BCUT2D eigenvalue weighted by molar-refractivity contribution is 7.89. The number of carbonyl (C=O) groups is 2. The second-order valence-electron chi connectivity index (χ2n) is 7.06. The van der Waals surface area contributed by atoms with Crippen molar-refractivity contribution in [3.8, 4) is 0 Å². The maximum absolute atomic E-state index is 12.4. The normalized spacial score (nSPS) is 16.0. The van der Waals surface area contributed by atoms with E-state index in [1.54, 1.807) is 0 Å². The van der Waals surface area contributed by atoms with Gasteiger partial charge in [0.1, 0.15) is 0 Å². The summed E-state index contributed by atoms with van der Waals surface area (Å²) in [5.41, 5.74) is 2.92. The van der Waals surface area contributed by atoms with Gasteiger partial charge in [-0.15, -0.1) is 0 Å². The van der Waals surface area contributed by atoms with E-state index in [4.69, 9.17) is 0 Å². The van der Waals surface area contributed by atoms with Crippen LogP contribution in [0.3, 0.4) is 0 Å². The number of sulfonamides is 1. The lowest BCUT2D eigenvalue weighted by molar-refractivity contribution is -0.121. The summed E-state index contributed by atoms with van der Waals surface area (Å²) in [6, 6.07) is 13.9. The van der Waals surface area contributed by atoms with Crippen molar-refractivity contribution < 1.29 is 18.0 Å². The Hall–Kier alpha value is -2.71. The highest BCUT2D eigenvalue weighted by atomic mass is 32.2. The molecule has 0 aromatic heterocycles. The lowest BCUT2D eigenvalue weighted by atomic mass is 9.88. The van der Waals surface area contributed by atoms with Crippen LogP contribution in [0, 0.1) is 0 Å². The fourth-order valence-electron chi connectivity index (χ4n) is 3.47. The Morgan fingerprint density at radius 1 is 1.07 bits per heavy atom. The minimum atomic E-state index is -3.73. The number of aryl methyl sites for hydroxylation is 1. The summed E-state index contributed by atoms with van der Waals surface area (Å²) in [5, 5.41) is 5.59. The number of fused-ring (bicyclic) bond motifs is 1. The van der Waals surface area contributed by atoms with Crippen LogP contribution in [0.5, 0.6) is 0 Å². The third-order valence-corrected chi connectivity index (χ3v) is 6.31. The summed E-state index contributed by atoms with van der Waals surface area (Å²) in [6.45, 7) is 1.39. The second kappa shape index (κ2) is 9.19. The maximum Gasteiger partial charge on any atom is 0.240 e. The van der Waals surface area contributed by atoms with E-state index in [0.717, 1.165) is 24.8 Å². The molecule has 1 unspecified atom stereocenters. The summed E-state index contributed by atoms with van der Waals surface area (Å²) >= 11 is 0. The zero-order valence-electron chi connectivity index (χ0n) is 16.3. The van der Waals surface area contributed by atoms with Gasteiger partial charge >= 0.3 is 0 Å². The molecule has 0 fully saturated rings.